The molecule has 0 aliphatic carbocycles. The minimum Gasteiger partial charge on any atom is -0.489 e. The molecular weight excluding hydrogens is 305 g/mol. The molecule has 0 aromatic heterocycles. The summed E-state index contributed by atoms with van der Waals surface area (Å²) in [5.74, 6) is 1.09. The van der Waals surface area contributed by atoms with Crippen LogP contribution < -0.4 is 4.74 Å². The zero-order valence-corrected chi connectivity index (χ0v) is 13.7. The highest BCUT2D eigenvalue weighted by Crippen LogP contribution is 2.35. The van der Waals surface area contributed by atoms with Crippen LogP contribution in [-0.4, -0.2) is 24.7 Å². The molecule has 0 N–H and O–H groups in total. The van der Waals surface area contributed by atoms with Gasteiger partial charge in [0.25, 0.3) is 0 Å². The van der Waals surface area contributed by atoms with Crippen molar-refractivity contribution < 1.29 is 13.9 Å². The van der Waals surface area contributed by atoms with E-state index in [0.29, 0.717) is 24.9 Å². The van der Waals surface area contributed by atoms with Crippen LogP contribution in [0, 0.1) is 5.82 Å². The van der Waals surface area contributed by atoms with E-state index >= 15 is 0 Å². The van der Waals surface area contributed by atoms with Gasteiger partial charge < -0.3 is 9.47 Å². The Morgan fingerprint density at radius 3 is 2.67 bits per heavy atom. The maximum absolute atomic E-state index is 13.7. The molecule has 122 valence electrons. The van der Waals surface area contributed by atoms with Crippen LogP contribution in [-0.2, 0) is 4.74 Å². The van der Waals surface area contributed by atoms with Gasteiger partial charge in [0, 0.05) is 11.1 Å². The lowest BCUT2D eigenvalue weighted by Crippen LogP contribution is -2.17. The Balaban J connectivity index is 1.75. The van der Waals surface area contributed by atoms with Crippen molar-refractivity contribution in [1.29, 1.82) is 0 Å². The summed E-state index contributed by atoms with van der Waals surface area (Å²) in [6.45, 7) is 5.15. The summed E-state index contributed by atoms with van der Waals surface area (Å²) in [5, 5.41) is 0. The van der Waals surface area contributed by atoms with Gasteiger partial charge in [-0.05, 0) is 61.4 Å². The smallest absolute Gasteiger partial charge is 0.216 e. The SMILES string of the molecule is CC1(C)COC(c2cccc(C3=CCOc4ccc(F)cc43)c2)=N1. The first-order valence-corrected chi connectivity index (χ1v) is 7.98. The van der Waals surface area contributed by atoms with Gasteiger partial charge in [-0.15, -0.1) is 0 Å². The lowest BCUT2D eigenvalue weighted by molar-refractivity contribution is 0.279. The van der Waals surface area contributed by atoms with Gasteiger partial charge in [-0.2, -0.15) is 0 Å². The summed E-state index contributed by atoms with van der Waals surface area (Å²) in [4.78, 5) is 4.63. The lowest BCUT2D eigenvalue weighted by atomic mass is 9.94. The Labute approximate surface area is 140 Å². The van der Waals surface area contributed by atoms with Crippen LogP contribution in [0.25, 0.3) is 5.57 Å². The van der Waals surface area contributed by atoms with Gasteiger partial charge in [0.15, 0.2) is 0 Å². The predicted octanol–water partition coefficient (Wildman–Crippen LogP) is 4.21. The van der Waals surface area contributed by atoms with Crippen molar-refractivity contribution >= 4 is 11.5 Å². The number of rotatable bonds is 2. The molecule has 2 aliphatic heterocycles. The molecule has 0 spiro atoms. The molecule has 0 amide bonds. The van der Waals surface area contributed by atoms with Crippen molar-refractivity contribution in [3.63, 3.8) is 0 Å². The van der Waals surface area contributed by atoms with Crippen molar-refractivity contribution in [2.24, 2.45) is 4.99 Å². The fraction of sp³-hybridized carbons (Fsp3) is 0.250. The summed E-state index contributed by atoms with van der Waals surface area (Å²) >= 11 is 0. The van der Waals surface area contributed by atoms with Gasteiger partial charge in [0.05, 0.1) is 5.54 Å². The second-order valence-electron chi connectivity index (χ2n) is 6.67. The fourth-order valence-corrected chi connectivity index (χ4v) is 2.99. The largest absolute Gasteiger partial charge is 0.489 e. The first kappa shape index (κ1) is 14.9. The fourth-order valence-electron chi connectivity index (χ4n) is 2.99. The summed E-state index contributed by atoms with van der Waals surface area (Å²) in [7, 11) is 0. The van der Waals surface area contributed by atoms with Crippen LogP contribution in [0.4, 0.5) is 4.39 Å². The highest BCUT2D eigenvalue weighted by molar-refractivity contribution is 5.97. The number of aliphatic imine (C=N–C) groups is 1. The van der Waals surface area contributed by atoms with Crippen molar-refractivity contribution in [3.05, 3.63) is 71.0 Å². The van der Waals surface area contributed by atoms with E-state index in [1.807, 2.05) is 44.2 Å². The lowest BCUT2D eigenvalue weighted by Gasteiger charge is -2.19. The van der Waals surface area contributed by atoms with Gasteiger partial charge in [-0.1, -0.05) is 12.1 Å². The number of benzene rings is 2. The van der Waals surface area contributed by atoms with E-state index in [1.54, 1.807) is 6.07 Å². The molecular formula is C20H18FNO2. The highest BCUT2D eigenvalue weighted by Gasteiger charge is 2.27. The number of hydrogen-bond donors (Lipinski definition) is 0. The number of hydrogen-bond acceptors (Lipinski definition) is 3. The Kier molecular flexibility index (Phi) is 3.41. The number of fused-ring (bicyclic) bond motifs is 1. The average Bonchev–Trinajstić information content (AvgIpc) is 2.94. The van der Waals surface area contributed by atoms with Gasteiger partial charge in [0.1, 0.15) is 24.8 Å². The quantitative estimate of drug-likeness (QED) is 0.829. The summed E-state index contributed by atoms with van der Waals surface area (Å²) in [6.07, 6.45) is 1.97. The van der Waals surface area contributed by atoms with Crippen molar-refractivity contribution in [3.8, 4) is 5.75 Å². The molecule has 2 aromatic rings. The Hall–Kier alpha value is -2.62. The van der Waals surface area contributed by atoms with Crippen LogP contribution >= 0.6 is 0 Å². The zero-order valence-electron chi connectivity index (χ0n) is 13.7. The van der Waals surface area contributed by atoms with E-state index in [-0.39, 0.29) is 11.4 Å². The third-order valence-corrected chi connectivity index (χ3v) is 4.14. The third-order valence-electron chi connectivity index (χ3n) is 4.14. The monoisotopic (exact) mass is 323 g/mol. The molecule has 4 heteroatoms. The normalized spacial score (nSPS) is 18.1. The molecule has 0 saturated carbocycles. The Bertz CT molecular complexity index is 868. The number of halogens is 1. The van der Waals surface area contributed by atoms with Crippen molar-refractivity contribution in [1.82, 2.24) is 0 Å². The minimum atomic E-state index is -0.272. The van der Waals surface area contributed by atoms with Crippen LogP contribution in [0.3, 0.4) is 0 Å². The molecule has 3 nitrogen and oxygen atoms in total. The second kappa shape index (κ2) is 5.48. The Morgan fingerprint density at radius 1 is 1.04 bits per heavy atom. The van der Waals surface area contributed by atoms with E-state index < -0.39 is 0 Å². The summed E-state index contributed by atoms with van der Waals surface area (Å²) in [5.41, 5.74) is 3.48. The zero-order chi connectivity index (χ0) is 16.7. The van der Waals surface area contributed by atoms with Crippen molar-refractivity contribution in [2.75, 3.05) is 13.2 Å². The van der Waals surface area contributed by atoms with E-state index in [0.717, 1.165) is 22.3 Å². The summed E-state index contributed by atoms with van der Waals surface area (Å²) < 4.78 is 25.0. The van der Waals surface area contributed by atoms with E-state index in [4.69, 9.17) is 9.47 Å². The molecule has 2 aromatic carbocycles. The molecule has 2 heterocycles. The van der Waals surface area contributed by atoms with E-state index in [2.05, 4.69) is 4.99 Å². The molecule has 0 radical (unpaired) electrons. The van der Waals surface area contributed by atoms with E-state index in [1.165, 1.54) is 12.1 Å². The van der Waals surface area contributed by atoms with Crippen LogP contribution in [0.5, 0.6) is 5.75 Å². The Morgan fingerprint density at radius 2 is 1.88 bits per heavy atom. The van der Waals surface area contributed by atoms with Crippen LogP contribution in [0.2, 0.25) is 0 Å². The van der Waals surface area contributed by atoms with Crippen LogP contribution in [0.15, 0.2) is 53.5 Å². The standard InChI is InChI=1S/C20H18FNO2/c1-20(2)12-24-19(22-20)14-5-3-4-13(10-14)16-8-9-23-18-7-6-15(21)11-17(16)18/h3-8,10-11H,9,12H2,1-2H3. The maximum Gasteiger partial charge on any atom is 0.216 e. The third kappa shape index (κ3) is 2.68. The molecule has 4 rings (SSSR count). The number of nitrogens with zero attached hydrogens (tertiary/aromatic N) is 1. The molecule has 24 heavy (non-hydrogen) atoms. The molecule has 0 atom stereocenters. The van der Waals surface area contributed by atoms with Gasteiger partial charge in [-0.3, -0.25) is 0 Å². The first-order chi connectivity index (χ1) is 11.5. The number of ether oxygens (including phenoxy) is 2. The van der Waals surface area contributed by atoms with Gasteiger partial charge >= 0.3 is 0 Å². The second-order valence-corrected chi connectivity index (χ2v) is 6.67. The van der Waals surface area contributed by atoms with Gasteiger partial charge in [-0.25, -0.2) is 9.38 Å². The van der Waals surface area contributed by atoms with E-state index in [9.17, 15) is 4.39 Å². The van der Waals surface area contributed by atoms with Crippen LogP contribution in [0.1, 0.15) is 30.5 Å². The topological polar surface area (TPSA) is 30.8 Å². The highest BCUT2D eigenvalue weighted by atomic mass is 19.1. The molecule has 0 unspecified atom stereocenters. The first-order valence-electron chi connectivity index (χ1n) is 7.98. The maximum atomic E-state index is 13.7. The molecule has 0 saturated heterocycles. The minimum absolute atomic E-state index is 0.195. The molecule has 0 fully saturated rings. The molecule has 2 aliphatic rings. The predicted molar refractivity (Wildman–Crippen MR) is 92.0 cm³/mol. The van der Waals surface area contributed by atoms with Crippen molar-refractivity contribution in [2.45, 2.75) is 19.4 Å². The van der Waals surface area contributed by atoms with Gasteiger partial charge in [0.2, 0.25) is 5.90 Å². The summed E-state index contributed by atoms with van der Waals surface area (Å²) in [6, 6.07) is 12.6. The average molecular weight is 323 g/mol. The molecule has 0 bridgehead atoms.